The Morgan fingerprint density at radius 2 is 1.84 bits per heavy atom. The number of carbonyl (C=O) groups is 2. The zero-order valence-electron chi connectivity index (χ0n) is 18.3. The largest absolute Gasteiger partial charge is 0.478 e. The number of aromatic carboxylic acids is 1. The molecule has 1 aromatic carbocycles. The fraction of sp³-hybridized carbons (Fsp3) is 0.542. The first kappa shape index (κ1) is 21.6. The van der Waals surface area contributed by atoms with Crippen LogP contribution in [0.2, 0.25) is 0 Å². The molecule has 3 heterocycles. The Labute approximate surface area is 183 Å². The van der Waals surface area contributed by atoms with Gasteiger partial charge in [0.1, 0.15) is 5.82 Å². The first-order chi connectivity index (χ1) is 15.0. The van der Waals surface area contributed by atoms with E-state index in [2.05, 4.69) is 15.1 Å². The van der Waals surface area contributed by atoms with E-state index in [1.807, 2.05) is 6.92 Å². The number of likely N-dealkylation sites (tertiary alicyclic amines) is 1. The third-order valence-corrected chi connectivity index (χ3v) is 6.48. The van der Waals surface area contributed by atoms with Crippen molar-refractivity contribution in [3.05, 3.63) is 29.8 Å². The molecule has 7 nitrogen and oxygen atoms in total. The average molecular weight is 425 g/mol. The summed E-state index contributed by atoms with van der Waals surface area (Å²) in [6, 6.07) is 7.62. The van der Waals surface area contributed by atoms with E-state index in [9.17, 15) is 14.7 Å². The lowest BCUT2D eigenvalue weighted by molar-refractivity contribution is -0.116. The van der Waals surface area contributed by atoms with Crippen LogP contribution in [-0.4, -0.2) is 59.1 Å². The fourth-order valence-electron chi connectivity index (χ4n) is 4.82. The van der Waals surface area contributed by atoms with E-state index < -0.39 is 5.97 Å². The molecule has 2 aliphatic heterocycles. The number of nitrogens with one attached hydrogen (secondary N) is 1. The molecular formula is C24H32N4O3. The Hall–Kier alpha value is -2.67. The van der Waals surface area contributed by atoms with Crippen LogP contribution in [0.1, 0.15) is 62.2 Å². The highest BCUT2D eigenvalue weighted by Gasteiger charge is 2.27. The molecule has 4 rings (SSSR count). The lowest BCUT2D eigenvalue weighted by Gasteiger charge is -2.40. The molecule has 0 saturated carbocycles. The number of rotatable bonds is 6. The minimum absolute atomic E-state index is 0.0696. The van der Waals surface area contributed by atoms with E-state index >= 15 is 0 Å². The summed E-state index contributed by atoms with van der Waals surface area (Å²) < 4.78 is 0. The second-order valence-corrected chi connectivity index (χ2v) is 8.68. The number of hydrogen-bond donors (Lipinski definition) is 2. The summed E-state index contributed by atoms with van der Waals surface area (Å²) in [6.07, 6.45) is 7.32. The predicted molar refractivity (Wildman–Crippen MR) is 123 cm³/mol. The van der Waals surface area contributed by atoms with Crippen molar-refractivity contribution < 1.29 is 14.7 Å². The molecule has 31 heavy (non-hydrogen) atoms. The average Bonchev–Trinajstić information content (AvgIpc) is 2.79. The van der Waals surface area contributed by atoms with Crippen molar-refractivity contribution >= 4 is 34.3 Å². The molecule has 2 N–H and O–H groups in total. The zero-order valence-corrected chi connectivity index (χ0v) is 18.3. The highest BCUT2D eigenvalue weighted by molar-refractivity contribution is 6.05. The minimum atomic E-state index is -0.978. The summed E-state index contributed by atoms with van der Waals surface area (Å²) in [5, 5.41) is 13.2. The number of hydrogen-bond acceptors (Lipinski definition) is 5. The van der Waals surface area contributed by atoms with Gasteiger partial charge in [0.05, 0.1) is 11.1 Å². The summed E-state index contributed by atoms with van der Waals surface area (Å²) in [5.74, 6) is -0.321. The summed E-state index contributed by atoms with van der Waals surface area (Å²) in [6.45, 7) is 6.15. The molecule has 0 radical (unpaired) electrons. The summed E-state index contributed by atoms with van der Waals surface area (Å²) in [5.41, 5.74) is 1.47. The summed E-state index contributed by atoms with van der Waals surface area (Å²) >= 11 is 0. The number of benzene rings is 1. The molecular weight excluding hydrogens is 392 g/mol. The minimum Gasteiger partial charge on any atom is -0.478 e. The molecule has 2 aliphatic rings. The normalized spacial score (nSPS) is 18.3. The van der Waals surface area contributed by atoms with E-state index in [0.717, 1.165) is 38.2 Å². The second kappa shape index (κ2) is 9.64. The molecule has 0 aliphatic carbocycles. The van der Waals surface area contributed by atoms with Gasteiger partial charge < -0.3 is 20.2 Å². The number of carbonyl (C=O) groups excluding carboxylic acids is 1. The van der Waals surface area contributed by atoms with Gasteiger partial charge in [-0.05, 0) is 69.5 Å². The van der Waals surface area contributed by atoms with Crippen molar-refractivity contribution in [1.29, 1.82) is 0 Å². The third kappa shape index (κ3) is 4.98. The Balaban J connectivity index is 1.53. The van der Waals surface area contributed by atoms with Gasteiger partial charge >= 0.3 is 5.97 Å². The highest BCUT2D eigenvalue weighted by atomic mass is 16.4. The van der Waals surface area contributed by atoms with Gasteiger partial charge in [-0.15, -0.1) is 0 Å². The third-order valence-electron chi connectivity index (χ3n) is 6.48. The first-order valence-electron chi connectivity index (χ1n) is 11.5. The number of nitrogens with zero attached hydrogens (tertiary/aromatic N) is 3. The number of amides is 1. The van der Waals surface area contributed by atoms with Gasteiger partial charge in [-0.25, -0.2) is 9.78 Å². The van der Waals surface area contributed by atoms with Crippen LogP contribution in [0.5, 0.6) is 0 Å². The number of fused-ring (bicyclic) bond motifs is 1. The molecule has 0 atom stereocenters. The molecule has 2 saturated heterocycles. The van der Waals surface area contributed by atoms with Crippen molar-refractivity contribution in [2.24, 2.45) is 0 Å². The molecule has 1 aromatic heterocycles. The predicted octanol–water partition coefficient (Wildman–Crippen LogP) is 4.13. The number of carboxylic acid groups (broad SMARTS) is 1. The van der Waals surface area contributed by atoms with Crippen LogP contribution in [0.15, 0.2) is 24.3 Å². The summed E-state index contributed by atoms with van der Waals surface area (Å²) in [7, 11) is 0. The van der Waals surface area contributed by atoms with E-state index in [4.69, 9.17) is 4.98 Å². The number of piperidine rings is 2. The van der Waals surface area contributed by atoms with Crippen molar-refractivity contribution in [3.8, 4) is 0 Å². The van der Waals surface area contributed by atoms with Crippen LogP contribution in [0, 0.1) is 0 Å². The zero-order chi connectivity index (χ0) is 21.8. The van der Waals surface area contributed by atoms with Gasteiger partial charge in [0.25, 0.3) is 0 Å². The number of anilines is 2. The van der Waals surface area contributed by atoms with Crippen LogP contribution in [-0.2, 0) is 4.79 Å². The Kier molecular flexibility index (Phi) is 6.70. The topological polar surface area (TPSA) is 85.8 Å². The molecule has 0 spiro atoms. The van der Waals surface area contributed by atoms with Gasteiger partial charge in [0.15, 0.2) is 0 Å². The van der Waals surface area contributed by atoms with E-state index in [-0.39, 0.29) is 11.5 Å². The Morgan fingerprint density at radius 3 is 2.52 bits per heavy atom. The number of pyridine rings is 1. The summed E-state index contributed by atoms with van der Waals surface area (Å²) in [4.78, 5) is 33.5. The molecule has 2 fully saturated rings. The van der Waals surface area contributed by atoms with Gasteiger partial charge in [-0.2, -0.15) is 0 Å². The van der Waals surface area contributed by atoms with Gasteiger partial charge in [-0.1, -0.05) is 13.3 Å². The SMILES string of the molecule is CCCC(=O)Nc1ccc2nc(N3CCC(N4CCCCC4)CC3)cc(C(=O)O)c2c1. The smallest absolute Gasteiger partial charge is 0.336 e. The van der Waals surface area contributed by atoms with E-state index in [1.54, 1.807) is 24.3 Å². The Bertz CT molecular complexity index is 947. The van der Waals surface area contributed by atoms with Gasteiger partial charge in [-0.3, -0.25) is 4.79 Å². The quantitative estimate of drug-likeness (QED) is 0.725. The maximum absolute atomic E-state index is 12.0. The molecule has 2 aromatic rings. The second-order valence-electron chi connectivity index (χ2n) is 8.68. The van der Waals surface area contributed by atoms with Crippen molar-refractivity contribution in [1.82, 2.24) is 9.88 Å². The van der Waals surface area contributed by atoms with Crippen LogP contribution in [0.4, 0.5) is 11.5 Å². The van der Waals surface area contributed by atoms with Crippen LogP contribution in [0.25, 0.3) is 10.9 Å². The van der Waals surface area contributed by atoms with Crippen LogP contribution in [0.3, 0.4) is 0 Å². The standard InChI is InChI=1S/C24H32N4O3/c1-2-6-23(29)25-17-7-8-21-19(15-17)20(24(30)31)16-22(26-21)28-13-9-18(10-14-28)27-11-4-3-5-12-27/h7-8,15-16,18H,2-6,9-14H2,1H3,(H,25,29)(H,30,31). The van der Waals surface area contributed by atoms with Crippen LogP contribution >= 0.6 is 0 Å². The lowest BCUT2D eigenvalue weighted by atomic mass is 9.99. The van der Waals surface area contributed by atoms with Crippen molar-refractivity contribution in [2.45, 2.75) is 57.9 Å². The van der Waals surface area contributed by atoms with Crippen molar-refractivity contribution in [2.75, 3.05) is 36.4 Å². The Morgan fingerprint density at radius 1 is 1.10 bits per heavy atom. The lowest BCUT2D eigenvalue weighted by Crippen LogP contribution is -2.47. The first-order valence-corrected chi connectivity index (χ1v) is 11.5. The van der Waals surface area contributed by atoms with Gasteiger partial charge in [0.2, 0.25) is 5.91 Å². The van der Waals surface area contributed by atoms with Gasteiger partial charge in [0, 0.05) is 36.6 Å². The van der Waals surface area contributed by atoms with E-state index in [0.29, 0.717) is 29.1 Å². The number of aromatic nitrogens is 1. The number of carboxylic acids is 1. The molecule has 7 heteroatoms. The maximum atomic E-state index is 12.0. The molecule has 0 unspecified atom stereocenters. The van der Waals surface area contributed by atoms with Crippen LogP contribution < -0.4 is 10.2 Å². The monoisotopic (exact) mass is 424 g/mol. The van der Waals surface area contributed by atoms with Crippen molar-refractivity contribution in [3.63, 3.8) is 0 Å². The fourth-order valence-corrected chi connectivity index (χ4v) is 4.82. The molecule has 166 valence electrons. The highest BCUT2D eigenvalue weighted by Crippen LogP contribution is 2.29. The van der Waals surface area contributed by atoms with E-state index in [1.165, 1.54) is 32.4 Å². The maximum Gasteiger partial charge on any atom is 0.336 e. The molecule has 1 amide bonds. The molecule has 0 bridgehead atoms.